The second kappa shape index (κ2) is 6.95. The Labute approximate surface area is 150 Å². The van der Waals surface area contributed by atoms with E-state index in [0.29, 0.717) is 17.0 Å². The van der Waals surface area contributed by atoms with Gasteiger partial charge in [-0.3, -0.25) is 14.0 Å². The number of carbonyl (C=O) groups excluding carboxylic acids is 2. The topological polar surface area (TPSA) is 75.5 Å². The molecule has 2 heterocycles. The number of halogens is 1. The number of benzene rings is 1. The molecule has 0 aliphatic rings. The number of aromatic nitrogens is 2. The van der Waals surface area contributed by atoms with E-state index in [1.165, 1.54) is 10.6 Å². The summed E-state index contributed by atoms with van der Waals surface area (Å²) in [5.74, 6) is -1.67. The first kappa shape index (κ1) is 17.6. The largest absolute Gasteiger partial charge is 0.326 e. The zero-order chi connectivity index (χ0) is 18.8. The number of amides is 2. The van der Waals surface area contributed by atoms with E-state index in [1.807, 2.05) is 6.92 Å². The van der Waals surface area contributed by atoms with Gasteiger partial charge in [-0.05, 0) is 36.8 Å². The Hall–Kier alpha value is -3.22. The zero-order valence-corrected chi connectivity index (χ0v) is 14.7. The molecule has 2 aromatic heterocycles. The van der Waals surface area contributed by atoms with Crippen LogP contribution in [0.15, 0.2) is 42.6 Å². The average Bonchev–Trinajstić information content (AvgIpc) is 2.95. The Morgan fingerprint density at radius 1 is 1.15 bits per heavy atom. The van der Waals surface area contributed by atoms with E-state index in [9.17, 15) is 14.0 Å². The highest BCUT2D eigenvalue weighted by Gasteiger charge is 2.19. The molecule has 2 N–H and O–H groups in total. The number of carbonyl (C=O) groups is 2. The summed E-state index contributed by atoms with van der Waals surface area (Å²) in [7, 11) is 0. The molecule has 6 nitrogen and oxygen atoms in total. The molecule has 26 heavy (non-hydrogen) atoms. The third-order valence-electron chi connectivity index (χ3n) is 3.96. The number of hydrogen-bond acceptors (Lipinski definition) is 3. The van der Waals surface area contributed by atoms with E-state index in [4.69, 9.17) is 0 Å². The fraction of sp³-hybridized carbons (Fsp3) is 0.211. The summed E-state index contributed by atoms with van der Waals surface area (Å²) in [4.78, 5) is 28.3. The minimum atomic E-state index is -0.724. The summed E-state index contributed by atoms with van der Waals surface area (Å²) in [6, 6.07) is 10.1. The number of pyridine rings is 1. The van der Waals surface area contributed by atoms with Crippen LogP contribution in [-0.4, -0.2) is 21.2 Å². The molecule has 2 amide bonds. The highest BCUT2D eigenvalue weighted by Crippen LogP contribution is 2.22. The molecule has 7 heteroatoms. The van der Waals surface area contributed by atoms with E-state index >= 15 is 0 Å². The number of nitrogens with zero attached hydrogens (tertiary/aromatic N) is 2. The molecule has 1 aromatic carbocycles. The fourth-order valence-electron chi connectivity index (χ4n) is 2.41. The van der Waals surface area contributed by atoms with E-state index in [1.54, 1.807) is 50.2 Å². The van der Waals surface area contributed by atoms with Gasteiger partial charge in [-0.15, -0.1) is 0 Å². The van der Waals surface area contributed by atoms with Gasteiger partial charge in [0.25, 0.3) is 5.91 Å². The maximum absolute atomic E-state index is 14.4. The molecule has 3 rings (SSSR count). The van der Waals surface area contributed by atoms with Gasteiger partial charge in [0.1, 0.15) is 5.65 Å². The van der Waals surface area contributed by atoms with Crippen LogP contribution >= 0.6 is 0 Å². The molecule has 0 aliphatic heterocycles. The van der Waals surface area contributed by atoms with Gasteiger partial charge >= 0.3 is 0 Å². The van der Waals surface area contributed by atoms with Gasteiger partial charge in [-0.1, -0.05) is 26.0 Å². The van der Waals surface area contributed by atoms with Crippen LogP contribution in [0.3, 0.4) is 0 Å². The third kappa shape index (κ3) is 3.42. The van der Waals surface area contributed by atoms with E-state index in [0.717, 1.165) is 5.56 Å². The van der Waals surface area contributed by atoms with Gasteiger partial charge in [-0.2, -0.15) is 4.39 Å². The normalized spacial score (nSPS) is 11.0. The summed E-state index contributed by atoms with van der Waals surface area (Å²) < 4.78 is 15.6. The minimum absolute atomic E-state index is 0.122. The molecule has 0 unspecified atom stereocenters. The van der Waals surface area contributed by atoms with Crippen LogP contribution in [0.2, 0.25) is 0 Å². The lowest BCUT2D eigenvalue weighted by Gasteiger charge is -2.12. The van der Waals surface area contributed by atoms with Crippen LogP contribution in [0.25, 0.3) is 5.65 Å². The number of nitrogens with one attached hydrogen (secondary N) is 2. The molecule has 134 valence electrons. The van der Waals surface area contributed by atoms with Gasteiger partial charge in [0.15, 0.2) is 5.69 Å². The Morgan fingerprint density at radius 2 is 1.92 bits per heavy atom. The lowest BCUT2D eigenvalue weighted by molar-refractivity contribution is -0.118. The van der Waals surface area contributed by atoms with Crippen molar-refractivity contribution in [2.45, 2.75) is 20.8 Å². The Balaban J connectivity index is 1.85. The molecular formula is C19H19FN4O2. The van der Waals surface area contributed by atoms with Gasteiger partial charge < -0.3 is 10.6 Å². The maximum atomic E-state index is 14.4. The number of hydrogen-bond donors (Lipinski definition) is 2. The van der Waals surface area contributed by atoms with Crippen LogP contribution in [0, 0.1) is 18.8 Å². The standard InChI is InChI=1S/C19H19FN4O2/c1-11(2)18(25)22-14-10-13(8-7-12(14)3)21-19(26)16-17(20)24-9-5-4-6-15(24)23-16/h4-11H,1-3H3,(H,21,26)(H,22,25). The predicted octanol–water partition coefficient (Wildman–Crippen LogP) is 3.63. The minimum Gasteiger partial charge on any atom is -0.326 e. The highest BCUT2D eigenvalue weighted by atomic mass is 19.1. The summed E-state index contributed by atoms with van der Waals surface area (Å²) in [6.07, 6.45) is 1.50. The molecule has 0 bridgehead atoms. The molecule has 0 aliphatic carbocycles. The zero-order valence-electron chi connectivity index (χ0n) is 14.7. The van der Waals surface area contributed by atoms with Crippen LogP contribution in [-0.2, 0) is 4.79 Å². The summed E-state index contributed by atoms with van der Waals surface area (Å²) >= 11 is 0. The summed E-state index contributed by atoms with van der Waals surface area (Å²) in [5, 5.41) is 5.44. The highest BCUT2D eigenvalue weighted by molar-refractivity contribution is 6.04. The van der Waals surface area contributed by atoms with Gasteiger partial charge in [0.05, 0.1) is 0 Å². The number of imidazole rings is 1. The van der Waals surface area contributed by atoms with Crippen molar-refractivity contribution in [3.8, 4) is 0 Å². The first-order valence-electron chi connectivity index (χ1n) is 8.22. The Kier molecular flexibility index (Phi) is 4.71. The quantitative estimate of drug-likeness (QED) is 0.751. The van der Waals surface area contributed by atoms with Crippen molar-refractivity contribution in [1.82, 2.24) is 9.38 Å². The number of aryl methyl sites for hydroxylation is 1. The lowest BCUT2D eigenvalue weighted by atomic mass is 10.1. The van der Waals surface area contributed by atoms with Crippen LogP contribution in [0.5, 0.6) is 0 Å². The van der Waals surface area contributed by atoms with Crippen molar-refractivity contribution in [3.63, 3.8) is 0 Å². The van der Waals surface area contributed by atoms with Gasteiger partial charge in [0.2, 0.25) is 11.9 Å². The number of fused-ring (bicyclic) bond motifs is 1. The SMILES string of the molecule is Cc1ccc(NC(=O)c2nc3ccccn3c2F)cc1NC(=O)C(C)C. The summed E-state index contributed by atoms with van der Waals surface area (Å²) in [5.41, 5.74) is 1.96. The van der Waals surface area contributed by atoms with E-state index < -0.39 is 11.9 Å². The molecular weight excluding hydrogens is 335 g/mol. The van der Waals surface area contributed by atoms with E-state index in [2.05, 4.69) is 15.6 Å². The lowest BCUT2D eigenvalue weighted by Crippen LogP contribution is -2.19. The van der Waals surface area contributed by atoms with Crippen LogP contribution in [0.4, 0.5) is 15.8 Å². The van der Waals surface area contributed by atoms with Crippen molar-refractivity contribution in [2.24, 2.45) is 5.92 Å². The number of anilines is 2. The first-order valence-corrected chi connectivity index (χ1v) is 8.22. The van der Waals surface area contributed by atoms with Gasteiger partial charge in [-0.25, -0.2) is 4.98 Å². The van der Waals surface area contributed by atoms with Crippen molar-refractivity contribution in [2.75, 3.05) is 10.6 Å². The Bertz CT molecular complexity index is 994. The molecule has 0 fully saturated rings. The average molecular weight is 354 g/mol. The first-order chi connectivity index (χ1) is 12.4. The molecule has 0 saturated heterocycles. The second-order valence-corrected chi connectivity index (χ2v) is 6.31. The van der Waals surface area contributed by atoms with E-state index in [-0.39, 0.29) is 17.5 Å². The number of rotatable bonds is 4. The third-order valence-corrected chi connectivity index (χ3v) is 3.96. The van der Waals surface area contributed by atoms with Crippen molar-refractivity contribution < 1.29 is 14.0 Å². The monoisotopic (exact) mass is 354 g/mol. The molecule has 3 aromatic rings. The van der Waals surface area contributed by atoms with Crippen LogP contribution in [0.1, 0.15) is 29.9 Å². The Morgan fingerprint density at radius 3 is 2.62 bits per heavy atom. The molecule has 0 radical (unpaired) electrons. The van der Waals surface area contributed by atoms with Crippen LogP contribution < -0.4 is 10.6 Å². The summed E-state index contributed by atoms with van der Waals surface area (Å²) in [6.45, 7) is 5.44. The smallest absolute Gasteiger partial charge is 0.279 e. The molecule has 0 saturated carbocycles. The van der Waals surface area contributed by atoms with Crippen molar-refractivity contribution in [3.05, 3.63) is 59.8 Å². The predicted molar refractivity (Wildman–Crippen MR) is 97.7 cm³/mol. The second-order valence-electron chi connectivity index (χ2n) is 6.31. The molecule has 0 spiro atoms. The maximum Gasteiger partial charge on any atom is 0.279 e. The van der Waals surface area contributed by atoms with Gasteiger partial charge in [0, 0.05) is 23.5 Å². The fourth-order valence-corrected chi connectivity index (χ4v) is 2.41. The molecule has 0 atom stereocenters. The van der Waals surface area contributed by atoms with Crippen molar-refractivity contribution in [1.29, 1.82) is 0 Å². The van der Waals surface area contributed by atoms with Crippen molar-refractivity contribution >= 4 is 28.8 Å².